The Morgan fingerprint density at radius 1 is 1.00 bits per heavy atom. The second-order valence-corrected chi connectivity index (χ2v) is 8.50. The average molecular weight is 334 g/mol. The lowest BCUT2D eigenvalue weighted by Gasteiger charge is -2.34. The quantitative estimate of drug-likeness (QED) is 0.289. The van der Waals surface area contributed by atoms with Gasteiger partial charge in [-0.25, -0.2) is 0 Å². The van der Waals surface area contributed by atoms with Crippen molar-refractivity contribution in [2.75, 3.05) is 6.16 Å². The Morgan fingerprint density at radius 2 is 1.59 bits per heavy atom. The highest BCUT2D eigenvalue weighted by Gasteiger charge is 2.36. The van der Waals surface area contributed by atoms with E-state index in [1.54, 1.807) is 0 Å². The van der Waals surface area contributed by atoms with Crippen LogP contribution in [-0.4, -0.2) is 16.7 Å². The zero-order chi connectivity index (χ0) is 17.1. The minimum atomic E-state index is -3.51. The number of hydrogen-bond acceptors (Lipinski definition) is 2. The van der Waals surface area contributed by atoms with Crippen molar-refractivity contribution in [2.24, 2.45) is 5.92 Å². The van der Waals surface area contributed by atoms with E-state index in [9.17, 15) is 9.46 Å². The van der Waals surface area contributed by atoms with E-state index in [-0.39, 0.29) is 0 Å². The highest BCUT2D eigenvalue weighted by molar-refractivity contribution is 7.52. The molecule has 2 atom stereocenters. The summed E-state index contributed by atoms with van der Waals surface area (Å²) in [6.07, 6.45) is 10.5. The van der Waals surface area contributed by atoms with Crippen molar-refractivity contribution >= 4 is 7.60 Å². The standard InChI is InChI=1S/C18H39O3P/c1-6-11-13-15-18(9-4,10-5)21-22(19,20)16-17(8-3)14-12-7-2/h17H,6-16H2,1-5H3,(H,19,20). The van der Waals surface area contributed by atoms with Gasteiger partial charge in [-0.2, -0.15) is 0 Å². The molecule has 134 valence electrons. The van der Waals surface area contributed by atoms with Crippen molar-refractivity contribution in [1.29, 1.82) is 0 Å². The third-order valence-electron chi connectivity index (χ3n) is 4.89. The summed E-state index contributed by atoms with van der Waals surface area (Å²) in [6, 6.07) is 0. The SMILES string of the molecule is CCCCCC(CC)(CC)OP(=O)(O)CC(CC)CCCC. The molecule has 0 aromatic carbocycles. The van der Waals surface area contributed by atoms with Gasteiger partial charge in [0, 0.05) is 0 Å². The van der Waals surface area contributed by atoms with E-state index in [2.05, 4.69) is 34.6 Å². The van der Waals surface area contributed by atoms with Crippen molar-refractivity contribution in [1.82, 2.24) is 0 Å². The van der Waals surface area contributed by atoms with E-state index in [1.807, 2.05) is 0 Å². The molecule has 0 aliphatic carbocycles. The fourth-order valence-electron chi connectivity index (χ4n) is 3.06. The van der Waals surface area contributed by atoms with Crippen LogP contribution in [-0.2, 0) is 9.09 Å². The predicted molar refractivity (Wildman–Crippen MR) is 96.5 cm³/mol. The van der Waals surface area contributed by atoms with Gasteiger partial charge in [0.2, 0.25) is 0 Å². The molecule has 4 heteroatoms. The van der Waals surface area contributed by atoms with Gasteiger partial charge in [-0.05, 0) is 31.6 Å². The summed E-state index contributed by atoms with van der Waals surface area (Å²) in [5.74, 6) is 0.304. The van der Waals surface area contributed by atoms with Gasteiger partial charge in [0.1, 0.15) is 0 Å². The lowest BCUT2D eigenvalue weighted by Crippen LogP contribution is -2.31. The van der Waals surface area contributed by atoms with Crippen LogP contribution in [0, 0.1) is 5.92 Å². The molecule has 1 N–H and O–H groups in total. The Labute approximate surface area is 138 Å². The normalized spacial score (nSPS) is 16.5. The molecule has 0 aromatic heterocycles. The van der Waals surface area contributed by atoms with E-state index in [0.717, 1.165) is 64.2 Å². The second-order valence-electron chi connectivity index (χ2n) is 6.68. The highest BCUT2D eigenvalue weighted by atomic mass is 31.2. The molecule has 22 heavy (non-hydrogen) atoms. The van der Waals surface area contributed by atoms with Crippen LogP contribution < -0.4 is 0 Å². The molecular formula is C18H39O3P. The largest absolute Gasteiger partial charge is 0.328 e. The van der Waals surface area contributed by atoms with Gasteiger partial charge in [-0.1, -0.05) is 73.1 Å². The molecule has 0 aliphatic rings. The maximum absolute atomic E-state index is 12.6. The van der Waals surface area contributed by atoms with Gasteiger partial charge in [0.25, 0.3) is 0 Å². The molecule has 0 amide bonds. The van der Waals surface area contributed by atoms with E-state index in [4.69, 9.17) is 4.52 Å². The van der Waals surface area contributed by atoms with E-state index in [0.29, 0.717) is 12.1 Å². The van der Waals surface area contributed by atoms with Gasteiger partial charge >= 0.3 is 7.60 Å². The van der Waals surface area contributed by atoms with Gasteiger partial charge in [-0.15, -0.1) is 0 Å². The van der Waals surface area contributed by atoms with E-state index >= 15 is 0 Å². The van der Waals surface area contributed by atoms with E-state index < -0.39 is 13.2 Å². The van der Waals surface area contributed by atoms with Gasteiger partial charge in [0.15, 0.2) is 0 Å². The second kappa shape index (κ2) is 11.6. The van der Waals surface area contributed by atoms with Crippen LogP contribution >= 0.6 is 7.60 Å². The van der Waals surface area contributed by atoms with E-state index in [1.165, 1.54) is 0 Å². The highest BCUT2D eigenvalue weighted by Crippen LogP contribution is 2.51. The van der Waals surface area contributed by atoms with Crippen molar-refractivity contribution in [3.8, 4) is 0 Å². The van der Waals surface area contributed by atoms with Crippen LogP contribution in [0.1, 0.15) is 98.8 Å². The smallest absolute Gasteiger partial charge is 0.324 e. The maximum Gasteiger partial charge on any atom is 0.328 e. The minimum absolute atomic E-state index is 0.304. The Morgan fingerprint density at radius 3 is 2.05 bits per heavy atom. The van der Waals surface area contributed by atoms with Crippen molar-refractivity contribution < 1.29 is 14.0 Å². The van der Waals surface area contributed by atoms with Crippen LogP contribution in [0.5, 0.6) is 0 Å². The van der Waals surface area contributed by atoms with Gasteiger partial charge < -0.3 is 9.42 Å². The van der Waals surface area contributed by atoms with Crippen molar-refractivity contribution in [3.05, 3.63) is 0 Å². The van der Waals surface area contributed by atoms with Crippen LogP contribution in [0.3, 0.4) is 0 Å². The molecule has 0 saturated heterocycles. The lowest BCUT2D eigenvalue weighted by atomic mass is 9.91. The van der Waals surface area contributed by atoms with Crippen LogP contribution in [0.15, 0.2) is 0 Å². The third-order valence-corrected chi connectivity index (χ3v) is 6.54. The molecule has 2 unspecified atom stereocenters. The third kappa shape index (κ3) is 8.70. The fraction of sp³-hybridized carbons (Fsp3) is 1.00. The first-order valence-electron chi connectivity index (χ1n) is 9.41. The summed E-state index contributed by atoms with van der Waals surface area (Å²) in [6.45, 7) is 10.6. The monoisotopic (exact) mass is 334 g/mol. The van der Waals surface area contributed by atoms with Crippen LogP contribution in [0.2, 0.25) is 0 Å². The Bertz CT molecular complexity index is 313. The number of rotatable bonds is 14. The first-order valence-corrected chi connectivity index (χ1v) is 11.2. The summed E-state index contributed by atoms with van der Waals surface area (Å²) in [5.41, 5.74) is -0.414. The predicted octanol–water partition coefficient (Wildman–Crippen LogP) is 6.54. The van der Waals surface area contributed by atoms with Crippen molar-refractivity contribution in [3.63, 3.8) is 0 Å². The van der Waals surface area contributed by atoms with Gasteiger partial charge in [0.05, 0.1) is 11.8 Å². The molecule has 0 fully saturated rings. The zero-order valence-electron chi connectivity index (χ0n) is 15.6. The molecule has 0 saturated carbocycles. The molecule has 0 aliphatic heterocycles. The number of unbranched alkanes of at least 4 members (excludes halogenated alkanes) is 3. The summed E-state index contributed by atoms with van der Waals surface area (Å²) < 4.78 is 18.5. The lowest BCUT2D eigenvalue weighted by molar-refractivity contribution is 0.0358. The fourth-order valence-corrected chi connectivity index (χ4v) is 5.18. The Hall–Kier alpha value is 0.150. The zero-order valence-corrected chi connectivity index (χ0v) is 16.5. The van der Waals surface area contributed by atoms with Crippen LogP contribution in [0.4, 0.5) is 0 Å². The van der Waals surface area contributed by atoms with Crippen LogP contribution in [0.25, 0.3) is 0 Å². The average Bonchev–Trinajstić information content (AvgIpc) is 2.50. The Balaban J connectivity index is 4.74. The molecule has 0 aromatic rings. The van der Waals surface area contributed by atoms with Crippen molar-refractivity contribution in [2.45, 2.75) is 104 Å². The molecule has 0 spiro atoms. The molecule has 0 rings (SSSR count). The Kier molecular flexibility index (Phi) is 11.7. The topological polar surface area (TPSA) is 46.5 Å². The summed E-state index contributed by atoms with van der Waals surface area (Å²) in [5, 5.41) is 0. The number of hydrogen-bond donors (Lipinski definition) is 1. The summed E-state index contributed by atoms with van der Waals surface area (Å²) in [4.78, 5) is 10.4. The maximum atomic E-state index is 12.6. The molecule has 0 radical (unpaired) electrons. The molecule has 0 bridgehead atoms. The molecular weight excluding hydrogens is 295 g/mol. The first kappa shape index (κ1) is 22.1. The molecule has 0 heterocycles. The first-order chi connectivity index (χ1) is 10.4. The molecule has 3 nitrogen and oxygen atoms in total. The van der Waals surface area contributed by atoms with Gasteiger partial charge in [-0.3, -0.25) is 4.57 Å². The summed E-state index contributed by atoms with van der Waals surface area (Å²) in [7, 11) is -3.51. The minimum Gasteiger partial charge on any atom is -0.324 e. The summed E-state index contributed by atoms with van der Waals surface area (Å²) >= 11 is 0.